The molecule has 0 aromatic heterocycles. The number of benzene rings is 1. The second kappa shape index (κ2) is 3.62. The summed E-state index contributed by atoms with van der Waals surface area (Å²) in [6, 6.07) is 3.23. The molecule has 0 saturated carbocycles. The Morgan fingerprint density at radius 1 is 1.60 bits per heavy atom. The van der Waals surface area contributed by atoms with E-state index in [1.54, 1.807) is 19.1 Å². The van der Waals surface area contributed by atoms with Crippen LogP contribution in [-0.2, 0) is 4.79 Å². The van der Waals surface area contributed by atoms with Gasteiger partial charge in [-0.15, -0.1) is 0 Å². The number of nitrogen functional groups attached to an aromatic ring is 1. The number of nitrogens with two attached hydrogens (primary N) is 1. The van der Waals surface area contributed by atoms with Crippen LogP contribution in [0.15, 0.2) is 12.1 Å². The Balaban J connectivity index is 2.47. The molecule has 1 aliphatic heterocycles. The zero-order valence-electron chi connectivity index (χ0n) is 8.21. The first kappa shape index (κ1) is 10.1. The molecule has 5 heteroatoms. The van der Waals surface area contributed by atoms with Gasteiger partial charge in [0.25, 0.3) is 0 Å². The Labute approximate surface area is 92.4 Å². The maximum Gasteiger partial charge on any atom is 0.230 e. The Bertz CT molecular complexity index is 420. The summed E-state index contributed by atoms with van der Waals surface area (Å²) in [7, 11) is 0. The summed E-state index contributed by atoms with van der Waals surface area (Å²) in [6.07, 6.45) is 0. The molecule has 1 amide bonds. The van der Waals surface area contributed by atoms with E-state index in [0.29, 0.717) is 28.8 Å². The van der Waals surface area contributed by atoms with Crippen molar-refractivity contribution in [1.82, 2.24) is 0 Å². The van der Waals surface area contributed by atoms with E-state index in [1.165, 1.54) is 0 Å². The zero-order chi connectivity index (χ0) is 11.0. The Morgan fingerprint density at radius 3 is 3.07 bits per heavy atom. The molecule has 3 N–H and O–H groups in total. The maximum absolute atomic E-state index is 11.5. The number of rotatable bonds is 0. The molecule has 80 valence electrons. The average Bonchev–Trinajstić information content (AvgIpc) is 2.27. The van der Waals surface area contributed by atoms with Crippen LogP contribution in [0.4, 0.5) is 11.4 Å². The lowest BCUT2D eigenvalue weighted by Gasteiger charge is -2.10. The number of fused-ring (bicyclic) bond motifs is 1. The van der Waals surface area contributed by atoms with Crippen molar-refractivity contribution in [3.63, 3.8) is 0 Å². The third-order valence-corrected chi connectivity index (χ3v) is 2.48. The molecule has 1 unspecified atom stereocenters. The van der Waals surface area contributed by atoms with Gasteiger partial charge < -0.3 is 15.8 Å². The van der Waals surface area contributed by atoms with Crippen molar-refractivity contribution in [2.75, 3.05) is 17.7 Å². The highest BCUT2D eigenvalue weighted by atomic mass is 35.5. The Morgan fingerprint density at radius 2 is 2.33 bits per heavy atom. The monoisotopic (exact) mass is 226 g/mol. The van der Waals surface area contributed by atoms with Gasteiger partial charge >= 0.3 is 0 Å². The summed E-state index contributed by atoms with van der Waals surface area (Å²) >= 11 is 5.83. The number of nitrogens with one attached hydrogen (secondary N) is 1. The van der Waals surface area contributed by atoms with Gasteiger partial charge in [-0.25, -0.2) is 0 Å². The minimum Gasteiger partial charge on any atom is -0.488 e. The molecule has 4 nitrogen and oxygen atoms in total. The number of hydrogen-bond acceptors (Lipinski definition) is 3. The van der Waals surface area contributed by atoms with Crippen LogP contribution < -0.4 is 15.8 Å². The van der Waals surface area contributed by atoms with Crippen LogP contribution in [0.1, 0.15) is 6.92 Å². The van der Waals surface area contributed by atoms with Crippen LogP contribution in [0.25, 0.3) is 0 Å². The zero-order valence-corrected chi connectivity index (χ0v) is 8.97. The van der Waals surface area contributed by atoms with Crippen molar-refractivity contribution in [3.05, 3.63) is 17.2 Å². The van der Waals surface area contributed by atoms with Crippen molar-refractivity contribution in [2.45, 2.75) is 6.92 Å². The molecule has 0 saturated heterocycles. The molecular weight excluding hydrogens is 216 g/mol. The molecule has 1 aromatic rings. The molecule has 1 atom stereocenters. The number of ether oxygens (including phenoxy) is 1. The molecule has 1 aliphatic rings. The van der Waals surface area contributed by atoms with Gasteiger partial charge in [-0.1, -0.05) is 18.5 Å². The molecule has 1 aromatic carbocycles. The highest BCUT2D eigenvalue weighted by Crippen LogP contribution is 2.36. The van der Waals surface area contributed by atoms with E-state index >= 15 is 0 Å². The van der Waals surface area contributed by atoms with Crippen molar-refractivity contribution < 1.29 is 9.53 Å². The molecule has 0 spiro atoms. The summed E-state index contributed by atoms with van der Waals surface area (Å²) in [4.78, 5) is 11.5. The molecule has 0 aliphatic carbocycles. The van der Waals surface area contributed by atoms with Gasteiger partial charge in [-0.05, 0) is 12.1 Å². The minimum absolute atomic E-state index is 0.0876. The first-order valence-electron chi connectivity index (χ1n) is 4.60. The lowest BCUT2D eigenvalue weighted by atomic mass is 10.2. The predicted octanol–water partition coefficient (Wildman–Crippen LogP) is 1.89. The van der Waals surface area contributed by atoms with Crippen LogP contribution in [0.5, 0.6) is 5.75 Å². The predicted molar refractivity (Wildman–Crippen MR) is 59.2 cm³/mol. The summed E-state index contributed by atoms with van der Waals surface area (Å²) in [5.74, 6) is 0.211. The Kier molecular flexibility index (Phi) is 2.44. The van der Waals surface area contributed by atoms with Gasteiger partial charge in [0, 0.05) is 5.02 Å². The van der Waals surface area contributed by atoms with Crippen LogP contribution in [0.3, 0.4) is 0 Å². The summed E-state index contributed by atoms with van der Waals surface area (Å²) in [5, 5.41) is 3.20. The molecule has 15 heavy (non-hydrogen) atoms. The number of carbonyl (C=O) groups is 1. The van der Waals surface area contributed by atoms with E-state index in [2.05, 4.69) is 5.32 Å². The van der Waals surface area contributed by atoms with E-state index < -0.39 is 0 Å². The number of anilines is 2. The number of amides is 1. The van der Waals surface area contributed by atoms with E-state index in [9.17, 15) is 4.79 Å². The number of hydrogen-bond donors (Lipinski definition) is 2. The molecular formula is C10H11ClN2O2. The molecule has 0 bridgehead atoms. The fourth-order valence-electron chi connectivity index (χ4n) is 1.41. The summed E-state index contributed by atoms with van der Waals surface area (Å²) in [5.41, 5.74) is 6.72. The summed E-state index contributed by atoms with van der Waals surface area (Å²) in [6.45, 7) is 2.11. The molecule has 1 heterocycles. The highest BCUT2D eigenvalue weighted by molar-refractivity contribution is 6.31. The van der Waals surface area contributed by atoms with Gasteiger partial charge in [-0.3, -0.25) is 4.79 Å². The second-order valence-corrected chi connectivity index (χ2v) is 4.01. The maximum atomic E-state index is 11.5. The standard InChI is InChI=1S/C10H11ClN2O2/c1-5-4-15-9-7(12)2-6(11)3-8(9)13-10(5)14/h2-3,5H,4,12H2,1H3,(H,13,14). The largest absolute Gasteiger partial charge is 0.488 e. The molecule has 0 fully saturated rings. The van der Waals surface area contributed by atoms with E-state index in [4.69, 9.17) is 22.1 Å². The van der Waals surface area contributed by atoms with Gasteiger partial charge in [0.05, 0.1) is 23.9 Å². The molecule has 0 radical (unpaired) electrons. The van der Waals surface area contributed by atoms with E-state index in [1.807, 2.05) is 0 Å². The molecule has 2 rings (SSSR count). The van der Waals surface area contributed by atoms with Crippen LogP contribution in [0.2, 0.25) is 5.02 Å². The number of carbonyl (C=O) groups excluding carboxylic acids is 1. The average molecular weight is 227 g/mol. The van der Waals surface area contributed by atoms with E-state index in [0.717, 1.165) is 0 Å². The second-order valence-electron chi connectivity index (χ2n) is 3.57. The lowest BCUT2D eigenvalue weighted by Crippen LogP contribution is -2.21. The van der Waals surface area contributed by atoms with Crippen molar-refractivity contribution >= 4 is 28.9 Å². The topological polar surface area (TPSA) is 64.3 Å². The van der Waals surface area contributed by atoms with Crippen LogP contribution in [0, 0.1) is 5.92 Å². The first-order chi connectivity index (χ1) is 7.08. The van der Waals surface area contributed by atoms with Gasteiger partial charge in [0.15, 0.2) is 5.75 Å². The van der Waals surface area contributed by atoms with Gasteiger partial charge in [0.1, 0.15) is 0 Å². The highest BCUT2D eigenvalue weighted by Gasteiger charge is 2.22. The van der Waals surface area contributed by atoms with Crippen molar-refractivity contribution in [3.8, 4) is 5.75 Å². The fourth-order valence-corrected chi connectivity index (χ4v) is 1.64. The van der Waals surface area contributed by atoms with Crippen molar-refractivity contribution in [1.29, 1.82) is 0 Å². The third kappa shape index (κ3) is 1.85. The SMILES string of the molecule is CC1COc2c(N)cc(Cl)cc2NC1=O. The first-order valence-corrected chi connectivity index (χ1v) is 4.98. The van der Waals surface area contributed by atoms with Crippen molar-refractivity contribution in [2.24, 2.45) is 5.92 Å². The number of halogens is 1. The quantitative estimate of drug-likeness (QED) is 0.664. The van der Waals surface area contributed by atoms with Crippen LogP contribution in [-0.4, -0.2) is 12.5 Å². The lowest BCUT2D eigenvalue weighted by molar-refractivity contribution is -0.119. The van der Waals surface area contributed by atoms with Gasteiger partial charge in [0.2, 0.25) is 5.91 Å². The smallest absolute Gasteiger partial charge is 0.230 e. The third-order valence-electron chi connectivity index (χ3n) is 2.27. The fraction of sp³-hybridized carbons (Fsp3) is 0.300. The minimum atomic E-state index is -0.199. The summed E-state index contributed by atoms with van der Waals surface area (Å²) < 4.78 is 5.45. The van der Waals surface area contributed by atoms with Gasteiger partial charge in [-0.2, -0.15) is 0 Å². The van der Waals surface area contributed by atoms with Crippen LogP contribution >= 0.6 is 11.6 Å². The normalized spacial score (nSPS) is 19.9. The Hall–Kier alpha value is -1.42. The van der Waals surface area contributed by atoms with E-state index in [-0.39, 0.29) is 11.8 Å².